The highest BCUT2D eigenvalue weighted by atomic mass is 127. The molecule has 0 radical (unpaired) electrons. The molecule has 2 nitrogen and oxygen atoms in total. The van der Waals surface area contributed by atoms with Crippen LogP contribution in [0.4, 0.5) is 11.5 Å². The van der Waals surface area contributed by atoms with E-state index in [0.29, 0.717) is 15.9 Å². The maximum absolute atomic E-state index is 6.09. The van der Waals surface area contributed by atoms with E-state index in [2.05, 4.69) is 32.9 Å². The lowest BCUT2D eigenvalue weighted by Gasteiger charge is -2.07. The fraction of sp³-hybridized carbons (Fsp3) is 0. The fourth-order valence-corrected chi connectivity index (χ4v) is 2.19. The number of halogens is 3. The van der Waals surface area contributed by atoms with Crippen molar-refractivity contribution in [2.45, 2.75) is 0 Å². The predicted molar refractivity (Wildman–Crippen MR) is 76.7 cm³/mol. The molecule has 82 valence electrons. The Hall–Kier alpha value is -0.520. The fourth-order valence-electron chi connectivity index (χ4n) is 1.18. The summed E-state index contributed by atoms with van der Waals surface area (Å²) in [6, 6.07) is 9.36. The van der Waals surface area contributed by atoms with E-state index in [1.165, 1.54) is 0 Å². The molecular formula is C11H7Cl2IN2. The van der Waals surface area contributed by atoms with Gasteiger partial charge in [-0.05, 0) is 52.9 Å². The quantitative estimate of drug-likeness (QED) is 0.778. The van der Waals surface area contributed by atoms with Gasteiger partial charge in [-0.15, -0.1) is 0 Å². The zero-order valence-corrected chi connectivity index (χ0v) is 11.7. The van der Waals surface area contributed by atoms with E-state index in [1.807, 2.05) is 18.2 Å². The van der Waals surface area contributed by atoms with Gasteiger partial charge in [0.1, 0.15) is 5.82 Å². The SMILES string of the molecule is Clc1ccc(Nc2ccc(I)cc2Cl)nc1. The first kappa shape index (κ1) is 12.0. The van der Waals surface area contributed by atoms with Crippen molar-refractivity contribution in [1.82, 2.24) is 4.98 Å². The van der Waals surface area contributed by atoms with E-state index in [-0.39, 0.29) is 0 Å². The third-order valence-electron chi connectivity index (χ3n) is 1.92. The van der Waals surface area contributed by atoms with Gasteiger partial charge in [0.05, 0.1) is 15.7 Å². The van der Waals surface area contributed by atoms with Crippen molar-refractivity contribution in [3.8, 4) is 0 Å². The van der Waals surface area contributed by atoms with Crippen LogP contribution in [0.25, 0.3) is 0 Å². The van der Waals surface area contributed by atoms with Gasteiger partial charge in [-0.25, -0.2) is 4.98 Å². The maximum Gasteiger partial charge on any atom is 0.130 e. The Morgan fingerprint density at radius 3 is 2.56 bits per heavy atom. The summed E-state index contributed by atoms with van der Waals surface area (Å²) in [6.07, 6.45) is 1.59. The van der Waals surface area contributed by atoms with Gasteiger partial charge in [-0.1, -0.05) is 23.2 Å². The molecule has 1 heterocycles. The van der Waals surface area contributed by atoms with E-state index in [9.17, 15) is 0 Å². The Morgan fingerprint density at radius 2 is 1.94 bits per heavy atom. The number of nitrogens with one attached hydrogen (secondary N) is 1. The van der Waals surface area contributed by atoms with E-state index < -0.39 is 0 Å². The molecule has 2 rings (SSSR count). The van der Waals surface area contributed by atoms with Crippen LogP contribution in [0.3, 0.4) is 0 Å². The van der Waals surface area contributed by atoms with Crippen molar-refractivity contribution in [3.63, 3.8) is 0 Å². The molecule has 0 aliphatic heterocycles. The number of aromatic nitrogens is 1. The zero-order chi connectivity index (χ0) is 11.5. The van der Waals surface area contributed by atoms with Crippen molar-refractivity contribution >= 4 is 57.3 Å². The molecule has 0 fully saturated rings. The highest BCUT2D eigenvalue weighted by Crippen LogP contribution is 2.26. The molecule has 0 amide bonds. The molecule has 0 aliphatic rings. The summed E-state index contributed by atoms with van der Waals surface area (Å²) in [4.78, 5) is 4.13. The Labute approximate surface area is 117 Å². The average Bonchev–Trinajstić information content (AvgIpc) is 2.25. The summed E-state index contributed by atoms with van der Waals surface area (Å²) >= 11 is 14.1. The van der Waals surface area contributed by atoms with Gasteiger partial charge in [-0.2, -0.15) is 0 Å². The molecule has 0 atom stereocenters. The maximum atomic E-state index is 6.09. The van der Waals surface area contributed by atoms with Gasteiger partial charge in [0, 0.05) is 9.77 Å². The molecule has 2 aromatic rings. The second-order valence-electron chi connectivity index (χ2n) is 3.11. The van der Waals surface area contributed by atoms with Crippen molar-refractivity contribution in [2.75, 3.05) is 5.32 Å². The summed E-state index contributed by atoms with van der Waals surface area (Å²) in [5.74, 6) is 0.715. The molecule has 1 aromatic carbocycles. The van der Waals surface area contributed by atoms with E-state index >= 15 is 0 Å². The molecule has 16 heavy (non-hydrogen) atoms. The molecule has 1 aromatic heterocycles. The number of hydrogen-bond acceptors (Lipinski definition) is 2. The third kappa shape index (κ3) is 2.99. The van der Waals surface area contributed by atoms with Crippen molar-refractivity contribution < 1.29 is 0 Å². The lowest BCUT2D eigenvalue weighted by Crippen LogP contribution is -1.93. The topological polar surface area (TPSA) is 24.9 Å². The first-order valence-electron chi connectivity index (χ1n) is 4.49. The molecule has 5 heteroatoms. The molecule has 1 N–H and O–H groups in total. The predicted octanol–water partition coefficient (Wildman–Crippen LogP) is 4.74. The monoisotopic (exact) mass is 364 g/mol. The van der Waals surface area contributed by atoms with Crippen LogP contribution in [0.15, 0.2) is 36.5 Å². The standard InChI is InChI=1S/C11H7Cl2IN2/c12-7-1-4-11(15-6-7)16-10-3-2-8(14)5-9(10)13/h1-6H,(H,15,16). The van der Waals surface area contributed by atoms with Crippen LogP contribution >= 0.6 is 45.8 Å². The van der Waals surface area contributed by atoms with Crippen LogP contribution in [0.1, 0.15) is 0 Å². The summed E-state index contributed by atoms with van der Waals surface area (Å²) in [5, 5.41) is 4.40. The van der Waals surface area contributed by atoms with Gasteiger partial charge in [-0.3, -0.25) is 0 Å². The number of hydrogen-bond donors (Lipinski definition) is 1. The summed E-state index contributed by atoms with van der Waals surface area (Å²) in [6.45, 7) is 0. The molecule has 0 aliphatic carbocycles. The highest BCUT2D eigenvalue weighted by Gasteiger charge is 2.01. The van der Waals surface area contributed by atoms with E-state index in [4.69, 9.17) is 23.2 Å². The largest absolute Gasteiger partial charge is 0.339 e. The van der Waals surface area contributed by atoms with Crippen LogP contribution in [-0.4, -0.2) is 4.98 Å². The number of rotatable bonds is 2. The van der Waals surface area contributed by atoms with Crippen molar-refractivity contribution in [2.24, 2.45) is 0 Å². The lowest BCUT2D eigenvalue weighted by atomic mass is 10.3. The normalized spacial score (nSPS) is 10.2. The third-order valence-corrected chi connectivity index (χ3v) is 3.13. The second-order valence-corrected chi connectivity index (χ2v) is 5.20. The molecular weight excluding hydrogens is 358 g/mol. The minimum Gasteiger partial charge on any atom is -0.339 e. The van der Waals surface area contributed by atoms with Gasteiger partial charge >= 0.3 is 0 Å². The average molecular weight is 365 g/mol. The van der Waals surface area contributed by atoms with Gasteiger partial charge < -0.3 is 5.32 Å². The Morgan fingerprint density at radius 1 is 1.12 bits per heavy atom. The van der Waals surface area contributed by atoms with Crippen LogP contribution in [0.5, 0.6) is 0 Å². The van der Waals surface area contributed by atoms with Crippen LogP contribution in [-0.2, 0) is 0 Å². The highest BCUT2D eigenvalue weighted by molar-refractivity contribution is 14.1. The smallest absolute Gasteiger partial charge is 0.130 e. The number of benzene rings is 1. The van der Waals surface area contributed by atoms with Crippen molar-refractivity contribution in [1.29, 1.82) is 0 Å². The molecule has 0 bridgehead atoms. The minimum atomic E-state index is 0.610. The van der Waals surface area contributed by atoms with Crippen molar-refractivity contribution in [3.05, 3.63) is 50.1 Å². The van der Waals surface area contributed by atoms with Crippen LogP contribution in [0.2, 0.25) is 10.0 Å². The van der Waals surface area contributed by atoms with E-state index in [1.54, 1.807) is 18.3 Å². The van der Waals surface area contributed by atoms with Crippen LogP contribution < -0.4 is 5.32 Å². The first-order chi connectivity index (χ1) is 7.65. The number of pyridine rings is 1. The zero-order valence-electron chi connectivity index (χ0n) is 8.05. The number of anilines is 2. The molecule has 0 unspecified atom stereocenters. The van der Waals surface area contributed by atoms with E-state index in [0.717, 1.165) is 9.26 Å². The molecule has 0 spiro atoms. The van der Waals surface area contributed by atoms with Gasteiger partial charge in [0.2, 0.25) is 0 Å². The lowest BCUT2D eigenvalue weighted by molar-refractivity contribution is 1.31. The van der Waals surface area contributed by atoms with Gasteiger partial charge in [0.15, 0.2) is 0 Å². The Kier molecular flexibility index (Phi) is 3.89. The Bertz CT molecular complexity index is 500. The summed E-state index contributed by atoms with van der Waals surface area (Å²) < 4.78 is 1.09. The summed E-state index contributed by atoms with van der Waals surface area (Å²) in [5.41, 5.74) is 0.830. The Balaban J connectivity index is 2.23. The summed E-state index contributed by atoms with van der Waals surface area (Å²) in [7, 11) is 0. The number of nitrogens with zero attached hydrogens (tertiary/aromatic N) is 1. The molecule has 0 saturated carbocycles. The second kappa shape index (κ2) is 5.21. The minimum absolute atomic E-state index is 0.610. The molecule has 0 saturated heterocycles. The van der Waals surface area contributed by atoms with Gasteiger partial charge in [0.25, 0.3) is 0 Å². The van der Waals surface area contributed by atoms with Crippen LogP contribution in [0, 0.1) is 3.57 Å². The first-order valence-corrected chi connectivity index (χ1v) is 6.32.